The molecule has 0 amide bonds. The average Bonchev–Trinajstić information content (AvgIpc) is 2.82. The van der Waals surface area contributed by atoms with Gasteiger partial charge in [-0.2, -0.15) is 0 Å². The van der Waals surface area contributed by atoms with Gasteiger partial charge in [-0.25, -0.2) is 19.2 Å². The molecule has 32 heavy (non-hydrogen) atoms. The SMILES string of the molecule is CC(C)N(C)c1nc2cc(C(=O)OCc3ccccc3)ccc2nc1-c1ccc(F)cc1. The quantitative estimate of drug-likeness (QED) is 0.372. The first-order chi connectivity index (χ1) is 15.4. The number of rotatable bonds is 6. The highest BCUT2D eigenvalue weighted by molar-refractivity contribution is 5.94. The largest absolute Gasteiger partial charge is 0.457 e. The number of hydrogen-bond donors (Lipinski definition) is 0. The highest BCUT2D eigenvalue weighted by Crippen LogP contribution is 2.30. The van der Waals surface area contributed by atoms with Gasteiger partial charge in [0.25, 0.3) is 0 Å². The second-order valence-corrected chi connectivity index (χ2v) is 7.87. The van der Waals surface area contributed by atoms with Gasteiger partial charge in [0.15, 0.2) is 5.82 Å². The van der Waals surface area contributed by atoms with Crippen molar-refractivity contribution in [3.05, 3.63) is 89.7 Å². The number of nitrogens with zero attached hydrogens (tertiary/aromatic N) is 3. The summed E-state index contributed by atoms with van der Waals surface area (Å²) in [6.07, 6.45) is 0. The number of anilines is 1. The molecule has 0 atom stereocenters. The lowest BCUT2D eigenvalue weighted by molar-refractivity contribution is 0.0473. The minimum Gasteiger partial charge on any atom is -0.457 e. The van der Waals surface area contributed by atoms with Gasteiger partial charge in [-0.1, -0.05) is 30.3 Å². The zero-order valence-corrected chi connectivity index (χ0v) is 18.2. The molecule has 1 heterocycles. The van der Waals surface area contributed by atoms with Crippen LogP contribution in [0, 0.1) is 5.82 Å². The molecule has 0 aliphatic heterocycles. The zero-order chi connectivity index (χ0) is 22.7. The lowest BCUT2D eigenvalue weighted by Crippen LogP contribution is -2.27. The summed E-state index contributed by atoms with van der Waals surface area (Å²) in [6.45, 7) is 4.31. The van der Waals surface area contributed by atoms with Gasteiger partial charge in [0, 0.05) is 18.7 Å². The Labute approximate surface area is 186 Å². The highest BCUT2D eigenvalue weighted by Gasteiger charge is 2.18. The van der Waals surface area contributed by atoms with Crippen molar-refractivity contribution in [2.45, 2.75) is 26.5 Å². The zero-order valence-electron chi connectivity index (χ0n) is 18.2. The number of benzene rings is 3. The maximum atomic E-state index is 13.4. The third-order valence-electron chi connectivity index (χ3n) is 5.32. The fraction of sp³-hybridized carbons (Fsp3) is 0.192. The molecule has 0 aliphatic rings. The summed E-state index contributed by atoms with van der Waals surface area (Å²) < 4.78 is 18.9. The Morgan fingerprint density at radius 2 is 1.69 bits per heavy atom. The summed E-state index contributed by atoms with van der Waals surface area (Å²) in [5.41, 5.74) is 4.00. The molecule has 0 saturated carbocycles. The fourth-order valence-electron chi connectivity index (χ4n) is 3.27. The lowest BCUT2D eigenvalue weighted by atomic mass is 10.1. The van der Waals surface area contributed by atoms with Crippen LogP contribution in [0.15, 0.2) is 72.8 Å². The Kier molecular flexibility index (Phi) is 6.12. The minimum atomic E-state index is -0.418. The Hall–Kier alpha value is -3.80. The van der Waals surface area contributed by atoms with E-state index in [1.807, 2.05) is 42.3 Å². The summed E-state index contributed by atoms with van der Waals surface area (Å²) >= 11 is 0. The topological polar surface area (TPSA) is 55.3 Å². The summed E-state index contributed by atoms with van der Waals surface area (Å²) in [7, 11) is 1.94. The average molecular weight is 429 g/mol. The number of halogens is 1. The van der Waals surface area contributed by atoms with E-state index in [1.54, 1.807) is 30.3 Å². The molecule has 162 valence electrons. The van der Waals surface area contributed by atoms with Gasteiger partial charge in [0.2, 0.25) is 0 Å². The van der Waals surface area contributed by atoms with Crippen molar-refractivity contribution in [2.75, 3.05) is 11.9 Å². The second kappa shape index (κ2) is 9.14. The molecule has 6 heteroatoms. The number of fused-ring (bicyclic) bond motifs is 1. The molecule has 0 radical (unpaired) electrons. The Morgan fingerprint density at radius 1 is 0.969 bits per heavy atom. The highest BCUT2D eigenvalue weighted by atomic mass is 19.1. The van der Waals surface area contributed by atoms with Crippen molar-refractivity contribution < 1.29 is 13.9 Å². The third kappa shape index (κ3) is 4.59. The van der Waals surface area contributed by atoms with E-state index in [1.165, 1.54) is 12.1 Å². The van der Waals surface area contributed by atoms with E-state index in [0.29, 0.717) is 28.1 Å². The van der Waals surface area contributed by atoms with Crippen LogP contribution in [0.2, 0.25) is 0 Å². The Bertz CT molecular complexity index is 1240. The van der Waals surface area contributed by atoms with Gasteiger partial charge in [-0.15, -0.1) is 0 Å². The van der Waals surface area contributed by atoms with Crippen LogP contribution in [-0.4, -0.2) is 29.0 Å². The first-order valence-electron chi connectivity index (χ1n) is 10.4. The van der Waals surface area contributed by atoms with E-state index in [4.69, 9.17) is 14.7 Å². The molecule has 0 unspecified atom stereocenters. The van der Waals surface area contributed by atoms with E-state index in [9.17, 15) is 9.18 Å². The van der Waals surface area contributed by atoms with E-state index >= 15 is 0 Å². The predicted octanol–water partition coefficient (Wildman–Crippen LogP) is 5.64. The van der Waals surface area contributed by atoms with Gasteiger partial charge >= 0.3 is 5.97 Å². The van der Waals surface area contributed by atoms with Crippen molar-refractivity contribution in [3.63, 3.8) is 0 Å². The molecule has 0 N–H and O–H groups in total. The van der Waals surface area contributed by atoms with Crippen LogP contribution in [0.25, 0.3) is 22.3 Å². The summed E-state index contributed by atoms with van der Waals surface area (Å²) in [4.78, 5) is 24.2. The van der Waals surface area contributed by atoms with E-state index in [0.717, 1.165) is 11.1 Å². The molecule has 4 rings (SSSR count). The van der Waals surface area contributed by atoms with Gasteiger partial charge in [-0.05, 0) is 61.9 Å². The van der Waals surface area contributed by atoms with Crippen LogP contribution in [0.3, 0.4) is 0 Å². The predicted molar refractivity (Wildman–Crippen MR) is 124 cm³/mol. The summed E-state index contributed by atoms with van der Waals surface area (Å²) in [5.74, 6) is -0.0623. The number of carbonyl (C=O) groups is 1. The molecule has 4 aromatic rings. The molecule has 0 aliphatic carbocycles. The van der Waals surface area contributed by atoms with Crippen LogP contribution in [0.4, 0.5) is 10.2 Å². The number of aromatic nitrogens is 2. The molecule has 5 nitrogen and oxygen atoms in total. The van der Waals surface area contributed by atoms with Gasteiger partial charge in [-0.3, -0.25) is 0 Å². The molecular formula is C26H24FN3O2. The number of esters is 1. The smallest absolute Gasteiger partial charge is 0.338 e. The van der Waals surface area contributed by atoms with E-state index < -0.39 is 5.97 Å². The Morgan fingerprint density at radius 3 is 2.38 bits per heavy atom. The van der Waals surface area contributed by atoms with Crippen molar-refractivity contribution in [1.29, 1.82) is 0 Å². The molecule has 1 aromatic heterocycles. The van der Waals surface area contributed by atoms with Gasteiger partial charge in [0.05, 0.1) is 16.6 Å². The van der Waals surface area contributed by atoms with Crippen LogP contribution in [0.5, 0.6) is 0 Å². The monoisotopic (exact) mass is 429 g/mol. The second-order valence-electron chi connectivity index (χ2n) is 7.87. The molecular weight excluding hydrogens is 405 g/mol. The van der Waals surface area contributed by atoms with Crippen molar-refractivity contribution in [3.8, 4) is 11.3 Å². The standard InChI is InChI=1S/C26H24FN3O2/c1-17(2)30(3)25-24(19-9-12-21(27)13-10-19)28-22-14-11-20(15-23(22)29-25)26(31)32-16-18-7-5-4-6-8-18/h4-15,17H,16H2,1-3H3. The minimum absolute atomic E-state index is 0.167. The first kappa shape index (κ1) is 21.4. The number of ether oxygens (including phenoxy) is 1. The van der Waals surface area contributed by atoms with Crippen LogP contribution >= 0.6 is 0 Å². The van der Waals surface area contributed by atoms with E-state index in [2.05, 4.69) is 13.8 Å². The maximum absolute atomic E-state index is 13.4. The van der Waals surface area contributed by atoms with Crippen LogP contribution in [0.1, 0.15) is 29.8 Å². The van der Waals surface area contributed by atoms with Crippen LogP contribution < -0.4 is 4.90 Å². The third-order valence-corrected chi connectivity index (χ3v) is 5.32. The van der Waals surface area contributed by atoms with Gasteiger partial charge < -0.3 is 9.64 Å². The Balaban J connectivity index is 1.70. The van der Waals surface area contributed by atoms with Crippen LogP contribution in [-0.2, 0) is 11.3 Å². The maximum Gasteiger partial charge on any atom is 0.338 e. The molecule has 3 aromatic carbocycles. The van der Waals surface area contributed by atoms with E-state index in [-0.39, 0.29) is 18.5 Å². The normalized spacial score (nSPS) is 11.0. The number of carbonyl (C=O) groups excluding carboxylic acids is 1. The summed E-state index contributed by atoms with van der Waals surface area (Å²) in [5, 5.41) is 0. The van der Waals surface area contributed by atoms with Crippen molar-refractivity contribution >= 4 is 22.8 Å². The molecule has 0 bridgehead atoms. The molecule has 0 fully saturated rings. The lowest BCUT2D eigenvalue weighted by Gasteiger charge is -2.25. The molecule has 0 saturated heterocycles. The van der Waals surface area contributed by atoms with Crippen molar-refractivity contribution in [1.82, 2.24) is 9.97 Å². The number of hydrogen-bond acceptors (Lipinski definition) is 5. The van der Waals surface area contributed by atoms with Crippen molar-refractivity contribution in [2.24, 2.45) is 0 Å². The molecule has 0 spiro atoms. The fourth-order valence-corrected chi connectivity index (χ4v) is 3.27. The summed E-state index contributed by atoms with van der Waals surface area (Å²) in [6, 6.07) is 21.0. The van der Waals surface area contributed by atoms with Gasteiger partial charge in [0.1, 0.15) is 18.1 Å². The first-order valence-corrected chi connectivity index (χ1v) is 10.4.